The lowest BCUT2D eigenvalue weighted by Crippen LogP contribution is -2.12. The van der Waals surface area contributed by atoms with Crippen LogP contribution in [0.25, 0.3) is 0 Å². The van der Waals surface area contributed by atoms with Crippen molar-refractivity contribution in [2.24, 2.45) is 5.92 Å². The van der Waals surface area contributed by atoms with E-state index >= 15 is 0 Å². The summed E-state index contributed by atoms with van der Waals surface area (Å²) in [6.45, 7) is 0. The molecular formula is C15H20O3. The molecule has 1 aromatic rings. The molecule has 0 aliphatic heterocycles. The van der Waals surface area contributed by atoms with Crippen molar-refractivity contribution in [2.75, 3.05) is 7.11 Å². The van der Waals surface area contributed by atoms with Crippen molar-refractivity contribution in [3.8, 4) is 0 Å². The van der Waals surface area contributed by atoms with Gasteiger partial charge in [0.2, 0.25) is 0 Å². The van der Waals surface area contributed by atoms with Crippen LogP contribution in [-0.2, 0) is 4.74 Å². The largest absolute Gasteiger partial charge is 0.504 e. The van der Waals surface area contributed by atoms with Crippen LogP contribution >= 0.6 is 0 Å². The number of hydrogen-bond donors (Lipinski definition) is 0. The average Bonchev–Trinajstić information content (AvgIpc) is 2.92. The third-order valence-electron chi connectivity index (χ3n) is 3.58. The fourth-order valence-electron chi connectivity index (χ4n) is 2.61. The second kappa shape index (κ2) is 6.43. The highest BCUT2D eigenvalue weighted by Gasteiger charge is 2.21. The zero-order valence-electron chi connectivity index (χ0n) is 10.9. The molecule has 1 fully saturated rings. The Balaban J connectivity index is 1.88. The van der Waals surface area contributed by atoms with Gasteiger partial charge in [-0.1, -0.05) is 6.42 Å². The van der Waals surface area contributed by atoms with Gasteiger partial charge in [0.15, 0.2) is 11.5 Å². The zero-order chi connectivity index (χ0) is 12.8. The van der Waals surface area contributed by atoms with Crippen LogP contribution in [0.3, 0.4) is 0 Å². The number of carbonyl (C=O) groups is 1. The van der Waals surface area contributed by atoms with E-state index in [0.29, 0.717) is 18.1 Å². The molecule has 0 saturated heterocycles. The minimum atomic E-state index is 0.0994. The summed E-state index contributed by atoms with van der Waals surface area (Å²) in [5.74, 6) is 1.07. The molecule has 3 nitrogen and oxygen atoms in total. The number of ether oxygens (including phenoxy) is 1. The highest BCUT2D eigenvalue weighted by atomic mass is 16.5. The van der Waals surface area contributed by atoms with Crippen molar-refractivity contribution in [3.63, 3.8) is 0 Å². The summed E-state index contributed by atoms with van der Waals surface area (Å²) in [5.41, 5.74) is 1.36. The molecule has 0 aromatic carbocycles. The van der Waals surface area contributed by atoms with Gasteiger partial charge in [-0.25, -0.2) is 0 Å². The molecule has 1 unspecified atom stereocenters. The van der Waals surface area contributed by atoms with Gasteiger partial charge in [0.1, 0.15) is 0 Å². The van der Waals surface area contributed by atoms with E-state index in [2.05, 4.69) is 0 Å². The van der Waals surface area contributed by atoms with Crippen molar-refractivity contribution in [2.45, 2.75) is 38.5 Å². The van der Waals surface area contributed by atoms with Crippen LogP contribution in [0, 0.1) is 5.92 Å². The molecule has 1 saturated carbocycles. The van der Waals surface area contributed by atoms with Crippen LogP contribution in [-0.4, -0.2) is 12.9 Å². The third kappa shape index (κ3) is 3.25. The lowest BCUT2D eigenvalue weighted by Gasteiger charge is -2.24. The Kier molecular flexibility index (Phi) is 4.62. The number of allylic oxidation sites excluding steroid dienone is 1. The molecule has 0 amide bonds. The maximum Gasteiger partial charge on any atom is 0.198 e. The number of carbonyl (C=O) groups excluding carboxylic acids is 1. The fourth-order valence-corrected chi connectivity index (χ4v) is 2.61. The van der Waals surface area contributed by atoms with Crippen LogP contribution in [0.15, 0.2) is 34.6 Å². The number of Topliss-reactive ketones (excluding diaryl/α,β-unsaturated/α-hetero) is 1. The number of ketones is 1. The Labute approximate surface area is 108 Å². The molecule has 98 valence electrons. The number of hydrogen-bond acceptors (Lipinski definition) is 3. The van der Waals surface area contributed by atoms with E-state index in [0.717, 1.165) is 12.8 Å². The summed E-state index contributed by atoms with van der Waals surface area (Å²) in [4.78, 5) is 11.9. The smallest absolute Gasteiger partial charge is 0.198 e. The summed E-state index contributed by atoms with van der Waals surface area (Å²) < 4.78 is 10.2. The topological polar surface area (TPSA) is 39.4 Å². The standard InChI is InChI=1S/C15H20O3/c1-17-11-13-6-3-2-5-12(13)8-9-14(16)15-7-4-10-18-15/h4,7,10-12H,2-3,5-6,8-9H2,1H3/b13-11-. The summed E-state index contributed by atoms with van der Waals surface area (Å²) >= 11 is 0. The molecule has 0 bridgehead atoms. The van der Waals surface area contributed by atoms with Crippen molar-refractivity contribution in [1.82, 2.24) is 0 Å². The van der Waals surface area contributed by atoms with Crippen LogP contribution in [0.2, 0.25) is 0 Å². The van der Waals surface area contributed by atoms with Gasteiger partial charge in [-0.3, -0.25) is 4.79 Å². The second-order valence-corrected chi connectivity index (χ2v) is 4.81. The van der Waals surface area contributed by atoms with Crippen LogP contribution < -0.4 is 0 Å². The van der Waals surface area contributed by atoms with Gasteiger partial charge in [0, 0.05) is 6.42 Å². The van der Waals surface area contributed by atoms with Gasteiger partial charge in [-0.15, -0.1) is 0 Å². The maximum absolute atomic E-state index is 11.9. The van der Waals surface area contributed by atoms with E-state index < -0.39 is 0 Å². The fraction of sp³-hybridized carbons (Fsp3) is 0.533. The monoisotopic (exact) mass is 248 g/mol. The first-order valence-electron chi connectivity index (χ1n) is 6.59. The van der Waals surface area contributed by atoms with E-state index in [4.69, 9.17) is 9.15 Å². The van der Waals surface area contributed by atoms with Gasteiger partial charge >= 0.3 is 0 Å². The van der Waals surface area contributed by atoms with Crippen LogP contribution in [0.1, 0.15) is 49.1 Å². The Hall–Kier alpha value is -1.51. The minimum absolute atomic E-state index is 0.0994. The molecule has 3 heteroatoms. The molecule has 18 heavy (non-hydrogen) atoms. The lowest BCUT2D eigenvalue weighted by atomic mass is 9.81. The van der Waals surface area contributed by atoms with Crippen molar-refractivity contribution in [1.29, 1.82) is 0 Å². The molecule has 1 heterocycles. The first-order valence-corrected chi connectivity index (χ1v) is 6.59. The Morgan fingerprint density at radius 1 is 1.56 bits per heavy atom. The molecule has 0 N–H and O–H groups in total. The normalized spacial score (nSPS) is 22.1. The van der Waals surface area contributed by atoms with Gasteiger partial charge in [-0.05, 0) is 49.3 Å². The Bertz CT molecular complexity index is 403. The van der Waals surface area contributed by atoms with Crippen LogP contribution in [0.4, 0.5) is 0 Å². The van der Waals surface area contributed by atoms with E-state index in [9.17, 15) is 4.79 Å². The Morgan fingerprint density at radius 3 is 3.17 bits per heavy atom. The van der Waals surface area contributed by atoms with E-state index in [1.165, 1.54) is 24.8 Å². The first-order chi connectivity index (χ1) is 8.81. The zero-order valence-corrected chi connectivity index (χ0v) is 10.9. The average molecular weight is 248 g/mol. The molecule has 0 spiro atoms. The maximum atomic E-state index is 11.9. The number of methoxy groups -OCH3 is 1. The van der Waals surface area contributed by atoms with Crippen molar-refractivity contribution < 1.29 is 13.9 Å². The summed E-state index contributed by atoms with van der Waals surface area (Å²) in [6, 6.07) is 3.49. The summed E-state index contributed by atoms with van der Waals surface area (Å²) in [6.07, 6.45) is 9.62. The van der Waals surface area contributed by atoms with Gasteiger partial charge in [-0.2, -0.15) is 0 Å². The molecule has 1 aromatic heterocycles. The van der Waals surface area contributed by atoms with E-state index in [-0.39, 0.29) is 5.78 Å². The first kappa shape index (κ1) is 12.9. The molecule has 1 atom stereocenters. The van der Waals surface area contributed by atoms with Gasteiger partial charge in [0.05, 0.1) is 19.6 Å². The number of rotatable bonds is 5. The highest BCUT2D eigenvalue weighted by molar-refractivity contribution is 5.93. The van der Waals surface area contributed by atoms with E-state index in [1.807, 2.05) is 6.26 Å². The second-order valence-electron chi connectivity index (χ2n) is 4.81. The van der Waals surface area contributed by atoms with Crippen molar-refractivity contribution in [3.05, 3.63) is 36.0 Å². The highest BCUT2D eigenvalue weighted by Crippen LogP contribution is 2.32. The molecule has 0 radical (unpaired) electrons. The minimum Gasteiger partial charge on any atom is -0.504 e. The quantitative estimate of drug-likeness (QED) is 0.584. The lowest BCUT2D eigenvalue weighted by molar-refractivity contribution is 0.0946. The van der Waals surface area contributed by atoms with E-state index in [1.54, 1.807) is 25.5 Å². The third-order valence-corrected chi connectivity index (χ3v) is 3.58. The number of furan rings is 1. The molecular weight excluding hydrogens is 228 g/mol. The van der Waals surface area contributed by atoms with Gasteiger partial charge in [0.25, 0.3) is 0 Å². The molecule has 1 aliphatic rings. The SMILES string of the molecule is CO/C=C1/CCCCC1CCC(=O)c1ccco1. The van der Waals surface area contributed by atoms with Crippen molar-refractivity contribution >= 4 is 5.78 Å². The summed E-state index contributed by atoms with van der Waals surface area (Å²) in [7, 11) is 1.69. The predicted molar refractivity (Wildman–Crippen MR) is 69.3 cm³/mol. The van der Waals surface area contributed by atoms with Gasteiger partial charge < -0.3 is 9.15 Å². The van der Waals surface area contributed by atoms with Crippen LogP contribution in [0.5, 0.6) is 0 Å². The molecule has 1 aliphatic carbocycles. The molecule has 2 rings (SSSR count). The Morgan fingerprint density at radius 2 is 2.44 bits per heavy atom. The summed E-state index contributed by atoms with van der Waals surface area (Å²) in [5, 5.41) is 0. The predicted octanol–water partition coefficient (Wildman–Crippen LogP) is 3.96.